The second-order valence-electron chi connectivity index (χ2n) is 5.93. The number of hydrogen-bond acceptors (Lipinski definition) is 4. The maximum Gasteiger partial charge on any atom is 0.323 e. The van der Waals surface area contributed by atoms with Gasteiger partial charge in [0.1, 0.15) is 0 Å². The number of anilines is 1. The van der Waals surface area contributed by atoms with E-state index in [0.29, 0.717) is 23.1 Å². The second-order valence-corrected chi connectivity index (χ2v) is 5.93. The Morgan fingerprint density at radius 2 is 2.12 bits per heavy atom. The average molecular weight is 329 g/mol. The monoisotopic (exact) mass is 329 g/mol. The molecular formula is C17H19N3O4. The van der Waals surface area contributed by atoms with Gasteiger partial charge in [-0.15, -0.1) is 0 Å². The number of ether oxygens (including phenoxy) is 1. The molecule has 2 aromatic rings. The molecule has 24 heavy (non-hydrogen) atoms. The van der Waals surface area contributed by atoms with Crippen LogP contribution in [0.2, 0.25) is 0 Å². The van der Waals surface area contributed by atoms with Crippen LogP contribution in [-0.4, -0.2) is 27.9 Å². The molecule has 1 aliphatic carbocycles. The minimum Gasteiger partial charge on any atom is -0.453 e. The van der Waals surface area contributed by atoms with Crippen LogP contribution in [0.1, 0.15) is 26.2 Å². The van der Waals surface area contributed by atoms with Gasteiger partial charge in [0.05, 0.1) is 17.5 Å². The Hall–Kier alpha value is -2.83. The average Bonchev–Trinajstić information content (AvgIpc) is 3.14. The van der Waals surface area contributed by atoms with Crippen molar-refractivity contribution in [2.45, 2.75) is 32.3 Å². The summed E-state index contributed by atoms with van der Waals surface area (Å²) in [6.45, 7) is 1.54. The fourth-order valence-corrected chi connectivity index (χ4v) is 2.73. The van der Waals surface area contributed by atoms with E-state index in [1.165, 1.54) is 6.92 Å². The minimum absolute atomic E-state index is 0.209. The topological polar surface area (TPSA) is 104 Å². The minimum atomic E-state index is -0.885. The standard InChI is InChI=1S/C17H19N3O4/c1-10(24-15(21)8-11-4-2-3-5-11)16(22)18-12-6-7-13-14(9-12)20-17(23)19-13/h2,4,6-7,9-11H,3,5,8H2,1H3,(H,18,22)(H2,19,20,23)/t10-,11-/m1/s1. The highest BCUT2D eigenvalue weighted by atomic mass is 16.5. The van der Waals surface area contributed by atoms with Gasteiger partial charge in [-0.25, -0.2) is 4.79 Å². The van der Waals surface area contributed by atoms with Gasteiger partial charge in [-0.2, -0.15) is 0 Å². The predicted molar refractivity (Wildman–Crippen MR) is 89.6 cm³/mol. The molecule has 1 aliphatic rings. The third kappa shape index (κ3) is 3.73. The molecule has 7 heteroatoms. The lowest BCUT2D eigenvalue weighted by atomic mass is 10.1. The second kappa shape index (κ2) is 6.74. The molecule has 0 bridgehead atoms. The van der Waals surface area contributed by atoms with Crippen LogP contribution >= 0.6 is 0 Å². The van der Waals surface area contributed by atoms with Gasteiger partial charge in [0.15, 0.2) is 6.10 Å². The number of carbonyl (C=O) groups excluding carboxylic acids is 2. The van der Waals surface area contributed by atoms with Gasteiger partial charge in [-0.05, 0) is 43.9 Å². The molecule has 3 N–H and O–H groups in total. The van der Waals surface area contributed by atoms with E-state index >= 15 is 0 Å². The molecule has 126 valence electrons. The Balaban J connectivity index is 1.57. The Kier molecular flexibility index (Phi) is 4.50. The fourth-order valence-electron chi connectivity index (χ4n) is 2.73. The number of aromatic amines is 2. The summed E-state index contributed by atoms with van der Waals surface area (Å²) in [5, 5.41) is 2.68. The molecule has 0 saturated carbocycles. The van der Waals surface area contributed by atoms with E-state index in [2.05, 4.69) is 21.4 Å². The Morgan fingerprint density at radius 1 is 1.33 bits per heavy atom. The van der Waals surface area contributed by atoms with Crippen LogP contribution in [0.5, 0.6) is 0 Å². The molecule has 3 rings (SSSR count). The SMILES string of the molecule is C[C@@H](OC(=O)C[C@@H]1C=CCC1)C(=O)Nc1ccc2[nH]c(=O)[nH]c2c1. The number of amides is 1. The van der Waals surface area contributed by atoms with Crippen molar-refractivity contribution in [3.63, 3.8) is 0 Å². The first-order valence-corrected chi connectivity index (χ1v) is 7.90. The van der Waals surface area contributed by atoms with E-state index in [1.54, 1.807) is 18.2 Å². The van der Waals surface area contributed by atoms with Crippen LogP contribution in [0.15, 0.2) is 35.1 Å². The third-order valence-electron chi connectivity index (χ3n) is 4.00. The van der Waals surface area contributed by atoms with E-state index in [1.807, 2.05) is 6.08 Å². The van der Waals surface area contributed by atoms with Crippen molar-refractivity contribution >= 4 is 28.6 Å². The number of esters is 1. The van der Waals surface area contributed by atoms with E-state index in [4.69, 9.17) is 4.74 Å². The number of H-pyrrole nitrogens is 2. The zero-order valence-electron chi connectivity index (χ0n) is 13.3. The summed E-state index contributed by atoms with van der Waals surface area (Å²) in [6.07, 6.45) is 5.41. The Bertz CT molecular complexity index is 849. The lowest BCUT2D eigenvalue weighted by molar-refractivity contribution is -0.153. The number of nitrogens with one attached hydrogen (secondary N) is 3. The van der Waals surface area contributed by atoms with Crippen molar-refractivity contribution in [3.8, 4) is 0 Å². The summed E-state index contributed by atoms with van der Waals surface area (Å²) in [7, 11) is 0. The first-order chi connectivity index (χ1) is 11.5. The van der Waals surface area contributed by atoms with Crippen LogP contribution < -0.4 is 11.0 Å². The van der Waals surface area contributed by atoms with Crippen LogP contribution in [0.25, 0.3) is 11.0 Å². The zero-order valence-corrected chi connectivity index (χ0v) is 13.3. The zero-order chi connectivity index (χ0) is 17.1. The smallest absolute Gasteiger partial charge is 0.323 e. The van der Waals surface area contributed by atoms with Crippen LogP contribution in [0, 0.1) is 5.92 Å². The molecule has 1 aromatic heterocycles. The summed E-state index contributed by atoms with van der Waals surface area (Å²) >= 11 is 0. The van der Waals surface area contributed by atoms with Crippen molar-refractivity contribution < 1.29 is 14.3 Å². The van der Waals surface area contributed by atoms with Gasteiger partial charge in [0.2, 0.25) is 0 Å². The predicted octanol–water partition coefficient (Wildman–Crippen LogP) is 2.08. The lowest BCUT2D eigenvalue weighted by Crippen LogP contribution is -2.30. The first kappa shape index (κ1) is 16.0. The summed E-state index contributed by atoms with van der Waals surface area (Å²) in [6, 6.07) is 5.00. The number of imidazole rings is 1. The fraction of sp³-hybridized carbons (Fsp3) is 0.353. The molecule has 0 radical (unpaired) electrons. The highest BCUT2D eigenvalue weighted by Crippen LogP contribution is 2.21. The molecule has 2 atom stereocenters. The van der Waals surface area contributed by atoms with Crippen LogP contribution in [0.4, 0.5) is 5.69 Å². The summed E-state index contributed by atoms with van der Waals surface area (Å²) in [4.78, 5) is 40.5. The van der Waals surface area contributed by atoms with Gasteiger partial charge in [0, 0.05) is 5.69 Å². The number of carbonyl (C=O) groups is 2. The molecule has 0 saturated heterocycles. The molecular weight excluding hydrogens is 310 g/mol. The Morgan fingerprint density at radius 3 is 2.88 bits per heavy atom. The van der Waals surface area contributed by atoms with Crippen molar-refractivity contribution in [1.29, 1.82) is 0 Å². The van der Waals surface area contributed by atoms with E-state index in [-0.39, 0.29) is 17.6 Å². The van der Waals surface area contributed by atoms with Crippen LogP contribution in [0.3, 0.4) is 0 Å². The van der Waals surface area contributed by atoms with E-state index < -0.39 is 12.0 Å². The highest BCUT2D eigenvalue weighted by molar-refractivity contribution is 5.96. The van der Waals surface area contributed by atoms with Gasteiger partial charge >= 0.3 is 11.7 Å². The van der Waals surface area contributed by atoms with Crippen molar-refractivity contribution in [2.75, 3.05) is 5.32 Å². The van der Waals surface area contributed by atoms with Crippen LogP contribution in [-0.2, 0) is 14.3 Å². The number of allylic oxidation sites excluding steroid dienone is 2. The summed E-state index contributed by atoms with van der Waals surface area (Å²) in [5.74, 6) is -0.581. The molecule has 1 amide bonds. The molecule has 1 heterocycles. The molecule has 7 nitrogen and oxygen atoms in total. The van der Waals surface area contributed by atoms with E-state index in [9.17, 15) is 14.4 Å². The van der Waals surface area contributed by atoms with Crippen molar-refractivity contribution in [2.24, 2.45) is 5.92 Å². The third-order valence-corrected chi connectivity index (χ3v) is 4.00. The largest absolute Gasteiger partial charge is 0.453 e. The lowest BCUT2D eigenvalue weighted by Gasteiger charge is -2.14. The highest BCUT2D eigenvalue weighted by Gasteiger charge is 2.21. The van der Waals surface area contributed by atoms with Gasteiger partial charge in [-0.1, -0.05) is 12.2 Å². The number of benzene rings is 1. The molecule has 0 aliphatic heterocycles. The molecule has 0 unspecified atom stereocenters. The summed E-state index contributed by atoms with van der Waals surface area (Å²) < 4.78 is 5.19. The summed E-state index contributed by atoms with van der Waals surface area (Å²) in [5.41, 5.74) is 1.46. The van der Waals surface area contributed by atoms with Crippen molar-refractivity contribution in [3.05, 3.63) is 40.8 Å². The molecule has 0 fully saturated rings. The van der Waals surface area contributed by atoms with Gasteiger partial charge in [-0.3, -0.25) is 9.59 Å². The van der Waals surface area contributed by atoms with Gasteiger partial charge in [0.25, 0.3) is 5.91 Å². The van der Waals surface area contributed by atoms with Crippen molar-refractivity contribution in [1.82, 2.24) is 9.97 Å². The number of rotatable bonds is 5. The number of aromatic nitrogens is 2. The Labute approximate surface area is 138 Å². The van der Waals surface area contributed by atoms with Gasteiger partial charge < -0.3 is 20.0 Å². The maximum atomic E-state index is 12.1. The number of hydrogen-bond donors (Lipinski definition) is 3. The quantitative estimate of drug-likeness (QED) is 0.577. The molecule has 1 aromatic carbocycles. The first-order valence-electron chi connectivity index (χ1n) is 7.90. The maximum absolute atomic E-state index is 12.1. The molecule has 0 spiro atoms. The normalized spacial score (nSPS) is 17.8. The van der Waals surface area contributed by atoms with E-state index in [0.717, 1.165) is 12.8 Å². The number of fused-ring (bicyclic) bond motifs is 1.